The van der Waals surface area contributed by atoms with Crippen LogP contribution in [-0.4, -0.2) is 12.1 Å². The third-order valence-corrected chi connectivity index (χ3v) is 3.43. The van der Waals surface area contributed by atoms with Gasteiger partial charge in [0, 0.05) is 11.2 Å². The van der Waals surface area contributed by atoms with Gasteiger partial charge in [0.25, 0.3) is 0 Å². The second-order valence-corrected chi connectivity index (χ2v) is 4.75. The quantitative estimate of drug-likeness (QED) is 0.768. The highest BCUT2D eigenvalue weighted by Crippen LogP contribution is 2.28. The van der Waals surface area contributed by atoms with Crippen molar-refractivity contribution in [1.82, 2.24) is 4.98 Å². The van der Waals surface area contributed by atoms with Crippen LogP contribution >= 0.6 is 23.4 Å². The van der Waals surface area contributed by atoms with E-state index in [1.807, 2.05) is 47.9 Å². The fourth-order valence-electron chi connectivity index (χ4n) is 1.40. The molecule has 4 heteroatoms. The first-order chi connectivity index (χ1) is 8.81. The fourth-order valence-corrected chi connectivity index (χ4v) is 2.33. The number of aromatic nitrogens is 1. The Morgan fingerprint density at radius 1 is 1.22 bits per heavy atom. The van der Waals surface area contributed by atoms with Crippen LogP contribution in [0.1, 0.15) is 5.56 Å². The van der Waals surface area contributed by atoms with E-state index in [0.29, 0.717) is 0 Å². The third-order valence-electron chi connectivity index (χ3n) is 2.29. The highest BCUT2D eigenvalue weighted by atomic mass is 35.5. The zero-order valence-corrected chi connectivity index (χ0v) is 11.4. The lowest BCUT2D eigenvalue weighted by atomic mass is 10.2. The van der Waals surface area contributed by atoms with Gasteiger partial charge in [-0.2, -0.15) is 0 Å². The molecule has 0 spiro atoms. The van der Waals surface area contributed by atoms with Crippen molar-refractivity contribution in [1.29, 1.82) is 0 Å². The molecule has 92 valence electrons. The van der Waals surface area contributed by atoms with Crippen LogP contribution in [0.4, 0.5) is 0 Å². The van der Waals surface area contributed by atoms with Gasteiger partial charge in [0.1, 0.15) is 5.03 Å². The van der Waals surface area contributed by atoms with Crippen molar-refractivity contribution in [2.45, 2.75) is 5.03 Å². The fraction of sp³-hybridized carbons (Fsp3) is 0.0714. The summed E-state index contributed by atoms with van der Waals surface area (Å²) in [6, 6.07) is 11.4. The predicted molar refractivity (Wildman–Crippen MR) is 77.1 cm³/mol. The molecule has 0 aliphatic heterocycles. The second kappa shape index (κ2) is 6.47. The standard InChI is InChI=1S/C14H12ClNOS/c1-17-13-7-4-9-16-14(13)18-10-8-11-5-2-3-6-12(11)15/h2-10H,1H3/b10-8+. The maximum atomic E-state index is 6.06. The van der Waals surface area contributed by atoms with Crippen LogP contribution in [0.2, 0.25) is 5.02 Å². The van der Waals surface area contributed by atoms with Crippen molar-refractivity contribution in [2.24, 2.45) is 0 Å². The van der Waals surface area contributed by atoms with Gasteiger partial charge in [-0.25, -0.2) is 4.98 Å². The van der Waals surface area contributed by atoms with Gasteiger partial charge in [0.15, 0.2) is 5.75 Å². The molecule has 1 heterocycles. The molecule has 0 saturated heterocycles. The lowest BCUT2D eigenvalue weighted by Crippen LogP contribution is -1.87. The van der Waals surface area contributed by atoms with Crippen LogP contribution < -0.4 is 4.74 Å². The minimum atomic E-state index is 0.738. The van der Waals surface area contributed by atoms with Crippen LogP contribution in [0.25, 0.3) is 6.08 Å². The van der Waals surface area contributed by atoms with Gasteiger partial charge in [-0.3, -0.25) is 0 Å². The summed E-state index contributed by atoms with van der Waals surface area (Å²) in [7, 11) is 1.64. The van der Waals surface area contributed by atoms with Crippen molar-refractivity contribution in [3.63, 3.8) is 0 Å². The Kier molecular flexibility index (Phi) is 4.67. The Bertz CT molecular complexity index is 557. The van der Waals surface area contributed by atoms with Crippen molar-refractivity contribution < 1.29 is 4.74 Å². The van der Waals surface area contributed by atoms with Crippen molar-refractivity contribution >= 4 is 29.4 Å². The van der Waals surface area contributed by atoms with Crippen LogP contribution in [0.5, 0.6) is 5.75 Å². The van der Waals surface area contributed by atoms with Crippen LogP contribution in [0.3, 0.4) is 0 Å². The summed E-state index contributed by atoms with van der Waals surface area (Å²) in [5, 5.41) is 3.53. The largest absolute Gasteiger partial charge is 0.494 e. The van der Waals surface area contributed by atoms with E-state index in [1.165, 1.54) is 11.8 Å². The number of ether oxygens (including phenoxy) is 1. The number of rotatable bonds is 4. The number of thioether (sulfide) groups is 1. The highest BCUT2D eigenvalue weighted by molar-refractivity contribution is 8.02. The number of benzene rings is 1. The Morgan fingerprint density at radius 2 is 2.06 bits per heavy atom. The smallest absolute Gasteiger partial charge is 0.151 e. The molecule has 0 saturated carbocycles. The molecule has 0 bridgehead atoms. The minimum Gasteiger partial charge on any atom is -0.494 e. The maximum absolute atomic E-state index is 6.06. The molecule has 2 nitrogen and oxygen atoms in total. The van der Waals surface area contributed by atoms with E-state index in [9.17, 15) is 0 Å². The van der Waals surface area contributed by atoms with E-state index in [2.05, 4.69) is 4.98 Å². The molecule has 0 aliphatic carbocycles. The normalized spacial score (nSPS) is 10.8. The molecule has 0 unspecified atom stereocenters. The van der Waals surface area contributed by atoms with E-state index in [1.54, 1.807) is 13.3 Å². The van der Waals surface area contributed by atoms with Gasteiger partial charge >= 0.3 is 0 Å². The summed E-state index contributed by atoms with van der Waals surface area (Å²) in [5.74, 6) is 0.770. The summed E-state index contributed by atoms with van der Waals surface area (Å²) >= 11 is 7.56. The van der Waals surface area contributed by atoms with E-state index in [0.717, 1.165) is 21.4 Å². The van der Waals surface area contributed by atoms with Crippen molar-refractivity contribution in [2.75, 3.05) is 7.11 Å². The van der Waals surface area contributed by atoms with Gasteiger partial charge in [-0.1, -0.05) is 41.6 Å². The van der Waals surface area contributed by atoms with Crippen molar-refractivity contribution in [3.8, 4) is 5.75 Å². The summed E-state index contributed by atoms with van der Waals surface area (Å²) in [5.41, 5.74) is 0.988. The lowest BCUT2D eigenvalue weighted by Gasteiger charge is -2.03. The Hall–Kier alpha value is -1.45. The molecule has 0 aliphatic rings. The second-order valence-electron chi connectivity index (χ2n) is 3.45. The lowest BCUT2D eigenvalue weighted by molar-refractivity contribution is 0.401. The maximum Gasteiger partial charge on any atom is 0.151 e. The number of pyridine rings is 1. The van der Waals surface area contributed by atoms with Crippen LogP contribution in [-0.2, 0) is 0 Å². The van der Waals surface area contributed by atoms with E-state index in [4.69, 9.17) is 16.3 Å². The number of hydrogen-bond donors (Lipinski definition) is 0. The molecule has 0 amide bonds. The summed E-state index contributed by atoms with van der Waals surface area (Å²) in [4.78, 5) is 4.26. The first-order valence-corrected chi connectivity index (χ1v) is 6.64. The van der Waals surface area contributed by atoms with Gasteiger partial charge in [-0.05, 0) is 35.2 Å². The monoisotopic (exact) mass is 277 g/mol. The summed E-state index contributed by atoms with van der Waals surface area (Å²) in [6.45, 7) is 0. The number of hydrogen-bond acceptors (Lipinski definition) is 3. The number of nitrogens with zero attached hydrogens (tertiary/aromatic N) is 1. The van der Waals surface area contributed by atoms with Gasteiger partial charge in [0.2, 0.25) is 0 Å². The van der Waals surface area contributed by atoms with Gasteiger partial charge < -0.3 is 4.74 Å². The molecule has 1 aromatic heterocycles. The summed E-state index contributed by atoms with van der Waals surface area (Å²) < 4.78 is 5.23. The van der Waals surface area contributed by atoms with E-state index >= 15 is 0 Å². The topological polar surface area (TPSA) is 22.1 Å². The Morgan fingerprint density at radius 3 is 2.83 bits per heavy atom. The molecule has 2 aromatic rings. The van der Waals surface area contributed by atoms with Crippen LogP contribution in [0.15, 0.2) is 53.0 Å². The average Bonchev–Trinajstić information content (AvgIpc) is 2.41. The SMILES string of the molecule is COc1cccnc1S/C=C/c1ccccc1Cl. The summed E-state index contributed by atoms with van der Waals surface area (Å²) in [6.07, 6.45) is 3.70. The molecule has 0 radical (unpaired) electrons. The van der Waals surface area contributed by atoms with Gasteiger partial charge in [0.05, 0.1) is 7.11 Å². The Labute approximate surface area is 116 Å². The van der Waals surface area contributed by atoms with Gasteiger partial charge in [-0.15, -0.1) is 0 Å². The third kappa shape index (κ3) is 3.28. The molecule has 18 heavy (non-hydrogen) atoms. The molecule has 0 fully saturated rings. The highest BCUT2D eigenvalue weighted by Gasteiger charge is 2.01. The van der Waals surface area contributed by atoms with E-state index < -0.39 is 0 Å². The minimum absolute atomic E-state index is 0.738. The zero-order chi connectivity index (χ0) is 12.8. The zero-order valence-electron chi connectivity index (χ0n) is 9.84. The molecular weight excluding hydrogens is 266 g/mol. The Balaban J connectivity index is 2.10. The molecule has 0 atom stereocenters. The van der Waals surface area contributed by atoms with Crippen molar-refractivity contribution in [3.05, 3.63) is 58.6 Å². The molecule has 0 N–H and O–H groups in total. The number of halogens is 1. The molecule has 1 aromatic carbocycles. The molecular formula is C14H12ClNOS. The van der Waals surface area contributed by atoms with E-state index in [-0.39, 0.29) is 0 Å². The first kappa shape index (κ1) is 13.0. The predicted octanol–water partition coefficient (Wildman–Crippen LogP) is 4.51. The van der Waals surface area contributed by atoms with Crippen LogP contribution in [0, 0.1) is 0 Å². The average molecular weight is 278 g/mol. The number of methoxy groups -OCH3 is 1. The first-order valence-electron chi connectivity index (χ1n) is 5.38. The molecule has 2 rings (SSSR count).